The van der Waals surface area contributed by atoms with E-state index < -0.39 is 0 Å². The molecule has 2 aromatic rings. The minimum absolute atomic E-state index is 0.0122. The fraction of sp³-hybridized carbons (Fsp3) is 0.333. The van der Waals surface area contributed by atoms with Crippen molar-refractivity contribution >= 4 is 11.6 Å². The molecule has 5 heteroatoms. The lowest BCUT2D eigenvalue weighted by molar-refractivity contribution is -1.02. The third-order valence-corrected chi connectivity index (χ3v) is 4.91. The van der Waals surface area contributed by atoms with Gasteiger partial charge in [0.1, 0.15) is 32.7 Å². The van der Waals surface area contributed by atoms with E-state index >= 15 is 0 Å². The van der Waals surface area contributed by atoms with Crippen LogP contribution in [0, 0.1) is 0 Å². The normalized spacial score (nSPS) is 20.6. The first kappa shape index (κ1) is 18.3. The summed E-state index contributed by atoms with van der Waals surface area (Å²) in [5.74, 6) is -0.0122. The second-order valence-corrected chi connectivity index (χ2v) is 6.94. The molecule has 0 spiro atoms. The third kappa shape index (κ3) is 5.51. The van der Waals surface area contributed by atoms with Crippen LogP contribution in [-0.2, 0) is 11.3 Å². The van der Waals surface area contributed by atoms with Gasteiger partial charge in [0, 0.05) is 5.56 Å². The number of benzene rings is 2. The highest BCUT2D eigenvalue weighted by Crippen LogP contribution is 1.99. The van der Waals surface area contributed by atoms with Crippen molar-refractivity contribution in [1.29, 1.82) is 0 Å². The van der Waals surface area contributed by atoms with Crippen LogP contribution in [0.1, 0.15) is 18.1 Å². The van der Waals surface area contributed by atoms with Crippen LogP contribution in [0.25, 0.3) is 0 Å². The van der Waals surface area contributed by atoms with E-state index in [-0.39, 0.29) is 5.91 Å². The van der Waals surface area contributed by atoms with Crippen LogP contribution in [0.3, 0.4) is 0 Å². The predicted molar refractivity (Wildman–Crippen MR) is 103 cm³/mol. The molecule has 0 aliphatic carbocycles. The Hall–Kier alpha value is -2.50. The van der Waals surface area contributed by atoms with Crippen molar-refractivity contribution < 1.29 is 14.6 Å². The number of nitrogens with one attached hydrogen (secondary N) is 3. The van der Waals surface area contributed by atoms with Gasteiger partial charge in [0.2, 0.25) is 0 Å². The van der Waals surface area contributed by atoms with Gasteiger partial charge in [-0.15, -0.1) is 0 Å². The van der Waals surface area contributed by atoms with Crippen LogP contribution in [-0.4, -0.2) is 44.3 Å². The summed E-state index contributed by atoms with van der Waals surface area (Å²) < 4.78 is 0. The Kier molecular flexibility index (Phi) is 6.52. The van der Waals surface area contributed by atoms with Gasteiger partial charge in [-0.25, -0.2) is 5.43 Å². The maximum atomic E-state index is 12.2. The summed E-state index contributed by atoms with van der Waals surface area (Å²) in [6.45, 7) is 7.72. The molecule has 0 bridgehead atoms. The van der Waals surface area contributed by atoms with Crippen LogP contribution >= 0.6 is 0 Å². The summed E-state index contributed by atoms with van der Waals surface area (Å²) in [7, 11) is 0. The molecule has 0 saturated carbocycles. The Morgan fingerprint density at radius 1 is 0.923 bits per heavy atom. The summed E-state index contributed by atoms with van der Waals surface area (Å²) in [4.78, 5) is 15.1. The van der Waals surface area contributed by atoms with Crippen LogP contribution in [0.15, 0.2) is 65.8 Å². The summed E-state index contributed by atoms with van der Waals surface area (Å²) in [5, 5.41) is 4.23. The van der Waals surface area contributed by atoms with Crippen molar-refractivity contribution in [2.45, 2.75) is 13.5 Å². The second kappa shape index (κ2) is 9.27. The zero-order chi connectivity index (χ0) is 18.2. The molecule has 136 valence electrons. The number of carbonyl (C=O) groups is 1. The summed E-state index contributed by atoms with van der Waals surface area (Å²) in [5.41, 5.74) is 5.94. The maximum Gasteiger partial charge on any atom is 0.295 e. The molecule has 1 fully saturated rings. The van der Waals surface area contributed by atoms with E-state index in [4.69, 9.17) is 0 Å². The minimum Gasteiger partial charge on any atom is -0.322 e. The van der Waals surface area contributed by atoms with Crippen molar-refractivity contribution in [3.63, 3.8) is 0 Å². The molecule has 1 amide bonds. The monoisotopic (exact) mass is 352 g/mol. The molecule has 1 saturated heterocycles. The number of carbonyl (C=O) groups excluding carboxylic acids is 1. The smallest absolute Gasteiger partial charge is 0.295 e. The Morgan fingerprint density at radius 3 is 2.15 bits per heavy atom. The average molecular weight is 352 g/mol. The highest BCUT2D eigenvalue weighted by molar-refractivity contribution is 5.99. The van der Waals surface area contributed by atoms with Crippen LogP contribution in [0.5, 0.6) is 0 Å². The van der Waals surface area contributed by atoms with Gasteiger partial charge in [0.15, 0.2) is 6.54 Å². The molecule has 1 heterocycles. The van der Waals surface area contributed by atoms with Crippen molar-refractivity contribution in [1.82, 2.24) is 5.43 Å². The SMILES string of the molecule is C/C(=N\NC(=O)C[NH+]1CC[NH+](Cc2ccccc2)CC1)c1ccccc1. The Morgan fingerprint density at radius 2 is 1.50 bits per heavy atom. The van der Waals surface area contributed by atoms with Gasteiger partial charge in [0.05, 0.1) is 5.71 Å². The number of amides is 1. The van der Waals surface area contributed by atoms with Gasteiger partial charge in [-0.3, -0.25) is 4.79 Å². The van der Waals surface area contributed by atoms with Crippen LogP contribution in [0.4, 0.5) is 0 Å². The molecule has 0 aromatic heterocycles. The van der Waals surface area contributed by atoms with Gasteiger partial charge in [-0.2, -0.15) is 5.10 Å². The molecule has 0 unspecified atom stereocenters. The molecule has 3 N–H and O–H groups in total. The van der Waals surface area contributed by atoms with Gasteiger partial charge >= 0.3 is 0 Å². The number of nitrogens with zero attached hydrogens (tertiary/aromatic N) is 1. The minimum atomic E-state index is -0.0122. The van der Waals surface area contributed by atoms with E-state index in [1.165, 1.54) is 10.5 Å². The fourth-order valence-corrected chi connectivity index (χ4v) is 3.35. The summed E-state index contributed by atoms with van der Waals surface area (Å²) in [6.07, 6.45) is 0. The third-order valence-electron chi connectivity index (χ3n) is 4.91. The largest absolute Gasteiger partial charge is 0.322 e. The lowest BCUT2D eigenvalue weighted by Gasteiger charge is -2.29. The fourth-order valence-electron chi connectivity index (χ4n) is 3.35. The molecule has 1 aliphatic rings. The lowest BCUT2D eigenvalue weighted by atomic mass is 10.1. The first-order chi connectivity index (χ1) is 12.7. The predicted octanol–water partition coefficient (Wildman–Crippen LogP) is -0.490. The molecule has 0 atom stereocenters. The van der Waals surface area contributed by atoms with E-state index in [2.05, 4.69) is 40.9 Å². The number of hydrogen-bond acceptors (Lipinski definition) is 2. The second-order valence-electron chi connectivity index (χ2n) is 6.94. The average Bonchev–Trinajstić information content (AvgIpc) is 2.69. The van der Waals surface area contributed by atoms with Crippen molar-refractivity contribution in [3.05, 3.63) is 71.8 Å². The Labute approximate surface area is 155 Å². The molecule has 5 nitrogen and oxygen atoms in total. The zero-order valence-electron chi connectivity index (χ0n) is 15.4. The molecule has 26 heavy (non-hydrogen) atoms. The number of rotatable bonds is 6. The van der Waals surface area contributed by atoms with E-state index in [1.807, 2.05) is 37.3 Å². The van der Waals surface area contributed by atoms with E-state index in [1.54, 1.807) is 4.90 Å². The number of hydrogen-bond donors (Lipinski definition) is 3. The van der Waals surface area contributed by atoms with Crippen LogP contribution in [0.2, 0.25) is 0 Å². The summed E-state index contributed by atoms with van der Waals surface area (Å²) >= 11 is 0. The van der Waals surface area contributed by atoms with Crippen molar-refractivity contribution in [2.24, 2.45) is 5.10 Å². The zero-order valence-corrected chi connectivity index (χ0v) is 15.4. The standard InChI is InChI=1S/C21H26N4O/c1-18(20-10-6-3-7-11-20)22-23-21(26)17-25-14-12-24(13-15-25)16-19-8-4-2-5-9-19/h2-11H,12-17H2,1H3,(H,23,26)/p+2/b22-18+. The highest BCUT2D eigenvalue weighted by atomic mass is 16.2. The van der Waals surface area contributed by atoms with E-state index in [0.717, 1.165) is 44.0 Å². The molecule has 2 aromatic carbocycles. The number of piperazine rings is 1. The maximum absolute atomic E-state index is 12.2. The highest BCUT2D eigenvalue weighted by Gasteiger charge is 2.24. The van der Waals surface area contributed by atoms with Gasteiger partial charge in [0.25, 0.3) is 5.91 Å². The van der Waals surface area contributed by atoms with Crippen molar-refractivity contribution in [3.8, 4) is 0 Å². The topological polar surface area (TPSA) is 50.3 Å². The van der Waals surface area contributed by atoms with Crippen LogP contribution < -0.4 is 15.2 Å². The van der Waals surface area contributed by atoms with Crippen molar-refractivity contribution in [2.75, 3.05) is 32.7 Å². The Balaban J connectivity index is 1.41. The van der Waals surface area contributed by atoms with E-state index in [9.17, 15) is 4.79 Å². The first-order valence-corrected chi connectivity index (χ1v) is 9.30. The molecular weight excluding hydrogens is 324 g/mol. The molecule has 3 rings (SSSR count). The lowest BCUT2D eigenvalue weighted by Crippen LogP contribution is -3.28. The molecule has 1 aliphatic heterocycles. The number of quaternary nitrogens is 2. The molecular formula is C21H28N4O+2. The van der Waals surface area contributed by atoms with Gasteiger partial charge in [-0.1, -0.05) is 60.7 Å². The van der Waals surface area contributed by atoms with Gasteiger partial charge < -0.3 is 9.80 Å². The number of hydrazone groups is 1. The van der Waals surface area contributed by atoms with E-state index in [0.29, 0.717) is 6.54 Å². The summed E-state index contributed by atoms with van der Waals surface area (Å²) in [6, 6.07) is 20.5. The molecule has 0 radical (unpaired) electrons. The van der Waals surface area contributed by atoms with Gasteiger partial charge in [-0.05, 0) is 12.5 Å². The quantitative estimate of drug-likeness (QED) is 0.477. The first-order valence-electron chi connectivity index (χ1n) is 9.30. The Bertz CT molecular complexity index is 722.